The normalized spacial score (nSPS) is 14.6. The van der Waals surface area contributed by atoms with Crippen LogP contribution in [0.2, 0.25) is 0 Å². The molecule has 1 N–H and O–H groups in total. The molecule has 1 aliphatic heterocycles. The number of aromatic carboxylic acids is 1. The Morgan fingerprint density at radius 2 is 1.67 bits per heavy atom. The number of halogens is 1. The molecule has 5 nitrogen and oxygen atoms in total. The molecule has 1 aliphatic rings. The first kappa shape index (κ1) is 16.1. The third kappa shape index (κ3) is 3.13. The smallest absolute Gasteiger partial charge is 0.335 e. The number of carbonyl (C=O) groups is 1. The van der Waals surface area contributed by atoms with Gasteiger partial charge in [-0.3, -0.25) is 0 Å². The first-order valence-electron chi connectivity index (χ1n) is 7.76. The summed E-state index contributed by atoms with van der Waals surface area (Å²) in [4.78, 5) is 15.2. The minimum Gasteiger partial charge on any atom is -0.495 e. The number of rotatable bonds is 4. The van der Waals surface area contributed by atoms with Crippen LogP contribution in [0.15, 0.2) is 42.5 Å². The standard InChI is InChI=1S/C18H19FN2O3/c1-24-17-5-3-2-4-15(17)20-8-10-21(11-9-20)16-12-13(18(22)23)6-7-14(16)19/h2-7,12H,8-11H2,1H3,(H,22,23). The predicted molar refractivity (Wildman–Crippen MR) is 90.8 cm³/mol. The van der Waals surface area contributed by atoms with Gasteiger partial charge in [-0.25, -0.2) is 9.18 Å². The van der Waals surface area contributed by atoms with Crippen LogP contribution in [0.4, 0.5) is 15.8 Å². The SMILES string of the molecule is COc1ccccc1N1CCN(c2cc(C(=O)O)ccc2F)CC1. The lowest BCUT2D eigenvalue weighted by Gasteiger charge is -2.38. The average molecular weight is 330 g/mol. The first-order valence-corrected chi connectivity index (χ1v) is 7.76. The fourth-order valence-corrected chi connectivity index (χ4v) is 2.97. The van der Waals surface area contributed by atoms with E-state index in [4.69, 9.17) is 9.84 Å². The highest BCUT2D eigenvalue weighted by atomic mass is 19.1. The summed E-state index contributed by atoms with van der Waals surface area (Å²) in [5, 5.41) is 9.08. The topological polar surface area (TPSA) is 53.0 Å². The van der Waals surface area contributed by atoms with Crippen LogP contribution in [-0.4, -0.2) is 44.4 Å². The Morgan fingerprint density at radius 3 is 2.29 bits per heavy atom. The van der Waals surface area contributed by atoms with E-state index in [1.165, 1.54) is 18.2 Å². The van der Waals surface area contributed by atoms with E-state index < -0.39 is 11.8 Å². The third-order valence-corrected chi connectivity index (χ3v) is 4.24. The summed E-state index contributed by atoms with van der Waals surface area (Å²) in [6.45, 7) is 2.63. The number of hydrogen-bond acceptors (Lipinski definition) is 4. The molecule has 0 amide bonds. The fourth-order valence-electron chi connectivity index (χ4n) is 2.97. The molecule has 6 heteroatoms. The number of anilines is 2. The zero-order chi connectivity index (χ0) is 17.1. The van der Waals surface area contributed by atoms with Crippen molar-refractivity contribution in [1.82, 2.24) is 0 Å². The van der Waals surface area contributed by atoms with Gasteiger partial charge in [-0.15, -0.1) is 0 Å². The van der Waals surface area contributed by atoms with Gasteiger partial charge in [-0.1, -0.05) is 12.1 Å². The Morgan fingerprint density at radius 1 is 1.04 bits per heavy atom. The van der Waals surface area contributed by atoms with Crippen LogP contribution in [0.5, 0.6) is 5.75 Å². The van der Waals surface area contributed by atoms with Crippen molar-refractivity contribution in [3.05, 3.63) is 53.8 Å². The second-order valence-corrected chi connectivity index (χ2v) is 5.62. The fraction of sp³-hybridized carbons (Fsp3) is 0.278. The number of ether oxygens (including phenoxy) is 1. The summed E-state index contributed by atoms with van der Waals surface area (Å²) < 4.78 is 19.5. The zero-order valence-electron chi connectivity index (χ0n) is 13.4. The van der Waals surface area contributed by atoms with Gasteiger partial charge >= 0.3 is 5.97 Å². The lowest BCUT2D eigenvalue weighted by atomic mass is 10.1. The molecular formula is C18H19FN2O3. The van der Waals surface area contributed by atoms with Crippen molar-refractivity contribution in [1.29, 1.82) is 0 Å². The summed E-state index contributed by atoms with van der Waals surface area (Å²) in [6, 6.07) is 11.7. The largest absolute Gasteiger partial charge is 0.495 e. The highest BCUT2D eigenvalue weighted by Crippen LogP contribution is 2.30. The maximum absolute atomic E-state index is 14.1. The van der Waals surface area contributed by atoms with Crippen molar-refractivity contribution in [2.45, 2.75) is 0 Å². The van der Waals surface area contributed by atoms with Gasteiger partial charge in [0.25, 0.3) is 0 Å². The number of para-hydroxylation sites is 2. The summed E-state index contributed by atoms with van der Waals surface area (Å²) >= 11 is 0. The summed E-state index contributed by atoms with van der Waals surface area (Å²) in [5.41, 5.74) is 1.45. The molecule has 3 rings (SSSR count). The lowest BCUT2D eigenvalue weighted by molar-refractivity contribution is 0.0697. The van der Waals surface area contributed by atoms with Crippen LogP contribution in [0, 0.1) is 5.82 Å². The third-order valence-electron chi connectivity index (χ3n) is 4.24. The molecule has 126 valence electrons. The minimum absolute atomic E-state index is 0.0959. The maximum Gasteiger partial charge on any atom is 0.335 e. The first-order chi connectivity index (χ1) is 11.6. The van der Waals surface area contributed by atoms with Crippen molar-refractivity contribution in [2.75, 3.05) is 43.1 Å². The van der Waals surface area contributed by atoms with Gasteiger partial charge in [0.15, 0.2) is 0 Å². The van der Waals surface area contributed by atoms with Gasteiger partial charge in [0.2, 0.25) is 0 Å². The predicted octanol–water partition coefficient (Wildman–Crippen LogP) is 2.86. The van der Waals surface area contributed by atoms with Crippen molar-refractivity contribution in [2.24, 2.45) is 0 Å². The number of benzene rings is 2. The molecule has 0 aliphatic carbocycles. The van der Waals surface area contributed by atoms with Crippen LogP contribution < -0.4 is 14.5 Å². The Hall–Kier alpha value is -2.76. The molecule has 0 bridgehead atoms. The summed E-state index contributed by atoms with van der Waals surface area (Å²) in [6.07, 6.45) is 0. The molecule has 24 heavy (non-hydrogen) atoms. The van der Waals surface area contributed by atoms with Crippen LogP contribution >= 0.6 is 0 Å². The molecule has 0 saturated carbocycles. The van der Waals surface area contributed by atoms with E-state index in [0.717, 1.165) is 11.4 Å². The quantitative estimate of drug-likeness (QED) is 0.934. The molecule has 0 atom stereocenters. The summed E-state index contributed by atoms with van der Waals surface area (Å²) in [5.74, 6) is -0.639. The van der Waals surface area contributed by atoms with Gasteiger partial charge in [-0.2, -0.15) is 0 Å². The molecule has 2 aromatic rings. The van der Waals surface area contributed by atoms with E-state index in [9.17, 15) is 9.18 Å². The zero-order valence-corrected chi connectivity index (χ0v) is 13.4. The molecule has 0 radical (unpaired) electrons. The number of methoxy groups -OCH3 is 1. The van der Waals surface area contributed by atoms with Crippen LogP contribution in [0.25, 0.3) is 0 Å². The van der Waals surface area contributed by atoms with Crippen molar-refractivity contribution < 1.29 is 19.0 Å². The number of hydrogen-bond donors (Lipinski definition) is 1. The van der Waals surface area contributed by atoms with Crippen molar-refractivity contribution in [3.8, 4) is 5.75 Å². The minimum atomic E-state index is -1.05. The Bertz CT molecular complexity index is 743. The second-order valence-electron chi connectivity index (χ2n) is 5.62. The van der Waals surface area contributed by atoms with E-state index in [1.54, 1.807) is 7.11 Å². The van der Waals surface area contributed by atoms with E-state index in [0.29, 0.717) is 31.9 Å². The maximum atomic E-state index is 14.1. The number of carboxylic acid groups (broad SMARTS) is 1. The van der Waals surface area contributed by atoms with Crippen LogP contribution in [-0.2, 0) is 0 Å². The van der Waals surface area contributed by atoms with E-state index in [1.807, 2.05) is 29.2 Å². The van der Waals surface area contributed by atoms with Gasteiger partial charge in [0.1, 0.15) is 11.6 Å². The molecule has 1 saturated heterocycles. The van der Waals surface area contributed by atoms with Gasteiger partial charge in [0, 0.05) is 26.2 Å². The Balaban J connectivity index is 1.76. The van der Waals surface area contributed by atoms with Crippen LogP contribution in [0.3, 0.4) is 0 Å². The molecule has 2 aromatic carbocycles. The number of piperazine rings is 1. The Labute approximate surface area is 139 Å². The van der Waals surface area contributed by atoms with E-state index >= 15 is 0 Å². The lowest BCUT2D eigenvalue weighted by Crippen LogP contribution is -2.47. The van der Waals surface area contributed by atoms with Crippen molar-refractivity contribution >= 4 is 17.3 Å². The van der Waals surface area contributed by atoms with E-state index in [2.05, 4.69) is 4.90 Å². The highest BCUT2D eigenvalue weighted by molar-refractivity contribution is 5.89. The molecule has 0 spiro atoms. The molecule has 1 fully saturated rings. The average Bonchev–Trinajstić information content (AvgIpc) is 2.62. The highest BCUT2D eigenvalue weighted by Gasteiger charge is 2.22. The molecule has 0 aromatic heterocycles. The van der Waals surface area contributed by atoms with E-state index in [-0.39, 0.29) is 5.56 Å². The molecule has 0 unspecified atom stereocenters. The Kier molecular flexibility index (Phi) is 4.55. The summed E-state index contributed by atoms with van der Waals surface area (Å²) in [7, 11) is 1.64. The van der Waals surface area contributed by atoms with Gasteiger partial charge in [-0.05, 0) is 30.3 Å². The second kappa shape index (κ2) is 6.78. The number of carboxylic acids is 1. The van der Waals surface area contributed by atoms with Crippen molar-refractivity contribution in [3.63, 3.8) is 0 Å². The monoisotopic (exact) mass is 330 g/mol. The van der Waals surface area contributed by atoms with Gasteiger partial charge < -0.3 is 19.6 Å². The van der Waals surface area contributed by atoms with Crippen LogP contribution in [0.1, 0.15) is 10.4 Å². The molecular weight excluding hydrogens is 311 g/mol. The van der Waals surface area contributed by atoms with Gasteiger partial charge in [0.05, 0.1) is 24.0 Å². The number of nitrogens with zero attached hydrogens (tertiary/aromatic N) is 2. The molecule has 1 heterocycles.